The van der Waals surface area contributed by atoms with Crippen LogP contribution in [-0.2, 0) is 0 Å². The van der Waals surface area contributed by atoms with Crippen molar-refractivity contribution in [3.05, 3.63) is 52.2 Å². The molecule has 0 saturated carbocycles. The van der Waals surface area contributed by atoms with Gasteiger partial charge in [-0.2, -0.15) is 0 Å². The summed E-state index contributed by atoms with van der Waals surface area (Å²) in [5.74, 6) is 0. The highest BCUT2D eigenvalue weighted by Crippen LogP contribution is 2.23. The zero-order chi connectivity index (χ0) is 13.0. The van der Waals surface area contributed by atoms with Crippen molar-refractivity contribution in [3.8, 4) is 0 Å². The molecule has 0 spiro atoms. The van der Waals surface area contributed by atoms with Gasteiger partial charge in [-0.25, -0.2) is 0 Å². The van der Waals surface area contributed by atoms with Crippen LogP contribution in [0.2, 0.25) is 0 Å². The van der Waals surface area contributed by atoms with Gasteiger partial charge in [-0.15, -0.1) is 0 Å². The van der Waals surface area contributed by atoms with Crippen LogP contribution >= 0.6 is 0 Å². The lowest BCUT2D eigenvalue weighted by molar-refractivity contribution is 0.797. The van der Waals surface area contributed by atoms with Crippen LogP contribution in [0, 0.1) is 13.8 Å². The first kappa shape index (κ1) is 13.4. The summed E-state index contributed by atoms with van der Waals surface area (Å²) in [5, 5.41) is 3.19. The summed E-state index contributed by atoms with van der Waals surface area (Å²) in [7, 11) is 0.862. The summed E-state index contributed by atoms with van der Waals surface area (Å²) in [6.45, 7) is 6.74. The molecule has 1 aliphatic carbocycles. The molecule has 1 aromatic rings. The van der Waals surface area contributed by atoms with E-state index in [4.69, 9.17) is 0 Å². The average molecular weight is 254 g/mol. The molecule has 1 aliphatic rings. The Bertz CT molecular complexity index is 480. The summed E-state index contributed by atoms with van der Waals surface area (Å²) in [4.78, 5) is 0. The highest BCUT2D eigenvalue weighted by molar-refractivity contribution is 6.62. The molecule has 0 bridgehead atoms. The van der Waals surface area contributed by atoms with Gasteiger partial charge in [-0.1, -0.05) is 59.7 Å². The summed E-state index contributed by atoms with van der Waals surface area (Å²) in [6.07, 6.45) is 9.73. The number of unbranched alkanes of at least 4 members (excludes halogenated alkanes) is 1. The lowest BCUT2D eigenvalue weighted by Crippen LogP contribution is -2.20. The molecule has 0 amide bonds. The molecule has 0 nitrogen and oxygen atoms in total. The van der Waals surface area contributed by atoms with Crippen molar-refractivity contribution in [1.29, 1.82) is 0 Å². The maximum absolute atomic E-state index is 2.35. The Morgan fingerprint density at radius 1 is 1.22 bits per heavy atom. The molecule has 0 saturated heterocycles. The Hall–Kier alpha value is -1.08. The number of allylic oxidation sites excluding steroid dienone is 4. The highest BCUT2D eigenvalue weighted by atomic mass is 28.2. The minimum atomic E-state index is 0.862. The topological polar surface area (TPSA) is 0 Å². The molecule has 0 aromatic heterocycles. The van der Waals surface area contributed by atoms with Crippen molar-refractivity contribution < 1.29 is 0 Å². The van der Waals surface area contributed by atoms with Gasteiger partial charge < -0.3 is 0 Å². The maximum Gasteiger partial charge on any atom is 0.117 e. The number of hydrogen-bond acceptors (Lipinski definition) is 0. The molecule has 0 heterocycles. The van der Waals surface area contributed by atoms with Crippen molar-refractivity contribution >= 4 is 14.7 Å². The van der Waals surface area contributed by atoms with E-state index < -0.39 is 0 Å². The van der Waals surface area contributed by atoms with Gasteiger partial charge in [-0.05, 0) is 44.2 Å². The standard InChI is InChI=1S/C17H22Si/c1-4-5-9-15-10-7-12-17(15)18-16-11-6-8-13(2)14(16)3/h6-8,10-11H,4-5,9,12H2,1-3H3. The van der Waals surface area contributed by atoms with Gasteiger partial charge in [0.15, 0.2) is 0 Å². The summed E-state index contributed by atoms with van der Waals surface area (Å²) in [6, 6.07) is 6.70. The molecule has 0 N–H and O–H groups in total. The van der Waals surface area contributed by atoms with E-state index in [9.17, 15) is 0 Å². The van der Waals surface area contributed by atoms with E-state index in [0.29, 0.717) is 0 Å². The number of rotatable bonds is 5. The molecule has 94 valence electrons. The normalized spacial score (nSPS) is 14.6. The third kappa shape index (κ3) is 3.02. The van der Waals surface area contributed by atoms with E-state index in [1.807, 2.05) is 0 Å². The predicted octanol–water partition coefficient (Wildman–Crippen LogP) is 4.04. The van der Waals surface area contributed by atoms with Gasteiger partial charge in [-0.3, -0.25) is 0 Å². The SMILES string of the molecule is CCCCC1=C([Si]c2cccc(C)c2C)CC=C1. The first-order valence-corrected chi connectivity index (χ1v) is 7.94. The number of hydrogen-bond donors (Lipinski definition) is 0. The van der Waals surface area contributed by atoms with Gasteiger partial charge in [0.2, 0.25) is 0 Å². The fourth-order valence-electron chi connectivity index (χ4n) is 2.33. The molecule has 0 atom stereocenters. The minimum absolute atomic E-state index is 0.862. The Balaban J connectivity index is 2.15. The molecule has 0 unspecified atom stereocenters. The first-order chi connectivity index (χ1) is 8.72. The molecule has 1 heteroatoms. The van der Waals surface area contributed by atoms with Crippen LogP contribution in [0.4, 0.5) is 0 Å². The minimum Gasteiger partial charge on any atom is -0.0806 e. The molecular weight excluding hydrogens is 232 g/mol. The van der Waals surface area contributed by atoms with Gasteiger partial charge in [0, 0.05) is 0 Å². The lowest BCUT2D eigenvalue weighted by atomic mass is 10.1. The predicted molar refractivity (Wildman–Crippen MR) is 81.6 cm³/mol. The van der Waals surface area contributed by atoms with Crippen molar-refractivity contribution in [3.63, 3.8) is 0 Å². The van der Waals surface area contributed by atoms with E-state index >= 15 is 0 Å². The number of benzene rings is 1. The zero-order valence-electron chi connectivity index (χ0n) is 11.7. The van der Waals surface area contributed by atoms with Gasteiger partial charge in [0.05, 0.1) is 0 Å². The van der Waals surface area contributed by atoms with E-state index in [1.165, 1.54) is 42.0 Å². The molecular formula is C17H22Si. The summed E-state index contributed by atoms with van der Waals surface area (Å²) < 4.78 is 0. The second-order valence-electron chi connectivity index (χ2n) is 5.09. The van der Waals surface area contributed by atoms with Crippen LogP contribution in [0.25, 0.3) is 0 Å². The molecule has 1 aromatic carbocycles. The molecule has 2 rings (SSSR count). The van der Waals surface area contributed by atoms with Gasteiger partial charge >= 0.3 is 0 Å². The van der Waals surface area contributed by atoms with Crippen molar-refractivity contribution in [2.45, 2.75) is 46.5 Å². The monoisotopic (exact) mass is 254 g/mol. The van der Waals surface area contributed by atoms with E-state index in [1.54, 1.807) is 10.8 Å². The lowest BCUT2D eigenvalue weighted by Gasteiger charge is -2.10. The van der Waals surface area contributed by atoms with Crippen LogP contribution in [0.3, 0.4) is 0 Å². The largest absolute Gasteiger partial charge is 0.117 e. The van der Waals surface area contributed by atoms with Crippen LogP contribution in [0.15, 0.2) is 41.1 Å². The second-order valence-corrected chi connectivity index (χ2v) is 6.48. The third-order valence-electron chi connectivity index (χ3n) is 3.72. The fourth-order valence-corrected chi connectivity index (χ4v) is 3.81. The molecule has 2 radical (unpaired) electrons. The Labute approximate surface area is 114 Å². The fraction of sp³-hybridized carbons (Fsp3) is 0.412. The second kappa shape index (κ2) is 6.19. The number of aryl methyl sites for hydroxylation is 1. The Kier molecular flexibility index (Phi) is 4.59. The Morgan fingerprint density at radius 3 is 2.83 bits per heavy atom. The zero-order valence-corrected chi connectivity index (χ0v) is 12.7. The van der Waals surface area contributed by atoms with Gasteiger partial charge in [0.25, 0.3) is 0 Å². The van der Waals surface area contributed by atoms with E-state index in [2.05, 4.69) is 51.1 Å². The molecule has 18 heavy (non-hydrogen) atoms. The van der Waals surface area contributed by atoms with Gasteiger partial charge in [0.1, 0.15) is 9.52 Å². The van der Waals surface area contributed by atoms with Crippen LogP contribution in [-0.4, -0.2) is 9.52 Å². The smallest absolute Gasteiger partial charge is 0.0806 e. The maximum atomic E-state index is 2.35. The van der Waals surface area contributed by atoms with Crippen molar-refractivity contribution in [2.75, 3.05) is 0 Å². The van der Waals surface area contributed by atoms with Crippen LogP contribution in [0.1, 0.15) is 43.7 Å². The Morgan fingerprint density at radius 2 is 2.06 bits per heavy atom. The third-order valence-corrected chi connectivity index (χ3v) is 5.36. The quantitative estimate of drug-likeness (QED) is 0.696. The van der Waals surface area contributed by atoms with Crippen molar-refractivity contribution in [1.82, 2.24) is 0 Å². The molecule has 0 fully saturated rings. The summed E-state index contributed by atoms with van der Waals surface area (Å²) >= 11 is 0. The first-order valence-electron chi connectivity index (χ1n) is 6.94. The highest BCUT2D eigenvalue weighted by Gasteiger charge is 2.12. The average Bonchev–Trinajstić information content (AvgIpc) is 2.80. The van der Waals surface area contributed by atoms with E-state index in [-0.39, 0.29) is 0 Å². The van der Waals surface area contributed by atoms with Crippen LogP contribution < -0.4 is 5.19 Å². The summed E-state index contributed by atoms with van der Waals surface area (Å²) in [5.41, 5.74) is 4.50. The van der Waals surface area contributed by atoms with Crippen LogP contribution in [0.5, 0.6) is 0 Å². The molecule has 0 aliphatic heterocycles. The van der Waals surface area contributed by atoms with Crippen molar-refractivity contribution in [2.24, 2.45) is 0 Å². The van der Waals surface area contributed by atoms with E-state index in [0.717, 1.165) is 9.52 Å².